The van der Waals surface area contributed by atoms with E-state index >= 15 is 0 Å². The predicted molar refractivity (Wildman–Crippen MR) is 82.6 cm³/mol. The molecule has 0 aliphatic rings. The molecule has 0 aliphatic heterocycles. The number of rotatable bonds is 3. The molecule has 1 heterocycles. The van der Waals surface area contributed by atoms with Crippen LogP contribution in [0.15, 0.2) is 54.7 Å². The number of nitrogens with two attached hydrogens (primary N) is 1. The number of hydrogen-bond acceptors (Lipinski definition) is 4. The average molecular weight is 278 g/mol. The number of anilines is 1. The maximum atomic E-state index is 12.8. The quantitative estimate of drug-likeness (QED) is 0.590. The Balaban J connectivity index is 2.18. The Morgan fingerprint density at radius 3 is 2.62 bits per heavy atom. The van der Waals surface area contributed by atoms with Gasteiger partial charge in [0.05, 0.1) is 18.3 Å². The molecule has 4 heteroatoms. The second kappa shape index (κ2) is 5.25. The van der Waals surface area contributed by atoms with Crippen LogP contribution in [0.5, 0.6) is 5.75 Å². The first-order chi connectivity index (χ1) is 10.2. The van der Waals surface area contributed by atoms with E-state index in [1.54, 1.807) is 30.5 Å². The van der Waals surface area contributed by atoms with Gasteiger partial charge in [0.2, 0.25) is 0 Å². The van der Waals surface area contributed by atoms with Gasteiger partial charge < -0.3 is 10.5 Å². The van der Waals surface area contributed by atoms with Crippen LogP contribution < -0.4 is 10.5 Å². The molecule has 2 aromatic carbocycles. The zero-order valence-electron chi connectivity index (χ0n) is 11.5. The van der Waals surface area contributed by atoms with Crippen molar-refractivity contribution < 1.29 is 9.53 Å². The van der Waals surface area contributed by atoms with Crippen molar-refractivity contribution in [2.45, 2.75) is 0 Å². The third-order valence-electron chi connectivity index (χ3n) is 3.42. The fourth-order valence-electron chi connectivity index (χ4n) is 2.37. The van der Waals surface area contributed by atoms with Crippen molar-refractivity contribution >= 4 is 22.4 Å². The van der Waals surface area contributed by atoms with Crippen LogP contribution in [-0.4, -0.2) is 17.9 Å². The number of carbonyl (C=O) groups excluding carboxylic acids is 1. The Labute approximate surface area is 122 Å². The number of para-hydroxylation sites is 1. The molecule has 2 N–H and O–H groups in total. The number of hydrogen-bond donors (Lipinski definition) is 1. The van der Waals surface area contributed by atoms with Gasteiger partial charge in [0.1, 0.15) is 5.75 Å². The van der Waals surface area contributed by atoms with E-state index in [-0.39, 0.29) is 5.78 Å². The number of ketones is 1. The third kappa shape index (κ3) is 2.21. The number of pyridine rings is 1. The normalized spacial score (nSPS) is 10.5. The molecule has 21 heavy (non-hydrogen) atoms. The van der Waals surface area contributed by atoms with Crippen LogP contribution in [0.25, 0.3) is 10.9 Å². The lowest BCUT2D eigenvalue weighted by atomic mass is 9.98. The number of ether oxygens (including phenoxy) is 1. The highest BCUT2D eigenvalue weighted by Gasteiger charge is 2.17. The second-order valence-electron chi connectivity index (χ2n) is 4.63. The molecule has 0 unspecified atom stereocenters. The maximum Gasteiger partial charge on any atom is 0.195 e. The molecule has 3 rings (SSSR count). The lowest BCUT2D eigenvalue weighted by Gasteiger charge is -2.10. The number of aromatic nitrogens is 1. The Morgan fingerprint density at radius 2 is 1.81 bits per heavy atom. The van der Waals surface area contributed by atoms with Crippen molar-refractivity contribution in [1.82, 2.24) is 4.98 Å². The summed E-state index contributed by atoms with van der Waals surface area (Å²) < 4.78 is 5.17. The molecule has 0 radical (unpaired) electrons. The molecule has 4 nitrogen and oxygen atoms in total. The fraction of sp³-hybridized carbons (Fsp3) is 0.0588. The topological polar surface area (TPSA) is 65.2 Å². The van der Waals surface area contributed by atoms with E-state index in [9.17, 15) is 4.79 Å². The summed E-state index contributed by atoms with van der Waals surface area (Å²) in [6.45, 7) is 0. The lowest BCUT2D eigenvalue weighted by molar-refractivity contribution is 0.104. The van der Waals surface area contributed by atoms with Crippen molar-refractivity contribution in [2.75, 3.05) is 12.8 Å². The van der Waals surface area contributed by atoms with Gasteiger partial charge in [-0.05, 0) is 24.3 Å². The molecule has 0 fully saturated rings. The predicted octanol–water partition coefficient (Wildman–Crippen LogP) is 3.06. The highest BCUT2D eigenvalue weighted by atomic mass is 16.5. The van der Waals surface area contributed by atoms with Gasteiger partial charge in [-0.1, -0.05) is 24.3 Å². The highest BCUT2D eigenvalue weighted by Crippen LogP contribution is 2.28. The van der Waals surface area contributed by atoms with Gasteiger partial charge in [0.15, 0.2) is 5.78 Å². The number of fused-ring (bicyclic) bond motifs is 1. The first-order valence-electron chi connectivity index (χ1n) is 6.53. The van der Waals surface area contributed by atoms with Crippen LogP contribution in [0.2, 0.25) is 0 Å². The van der Waals surface area contributed by atoms with Crippen LogP contribution in [0, 0.1) is 0 Å². The molecule has 0 atom stereocenters. The summed E-state index contributed by atoms with van der Waals surface area (Å²) in [5.74, 6) is 0.365. The van der Waals surface area contributed by atoms with Crippen molar-refractivity contribution in [2.24, 2.45) is 0 Å². The van der Waals surface area contributed by atoms with E-state index in [4.69, 9.17) is 10.5 Å². The standard InChI is InChI=1S/C17H14N2O2/c1-21-15-9-3-6-13(16(15)18)17(20)12-5-2-8-14-11(12)7-4-10-19-14/h2-10H,18H2,1H3. The summed E-state index contributed by atoms with van der Waals surface area (Å²) in [6.07, 6.45) is 1.70. The minimum absolute atomic E-state index is 0.134. The molecule has 1 aromatic heterocycles. The van der Waals surface area contributed by atoms with E-state index in [0.717, 1.165) is 10.9 Å². The largest absolute Gasteiger partial charge is 0.495 e. The minimum Gasteiger partial charge on any atom is -0.495 e. The van der Waals surface area contributed by atoms with Gasteiger partial charge in [0, 0.05) is 22.7 Å². The van der Waals surface area contributed by atoms with Crippen LogP contribution >= 0.6 is 0 Å². The van der Waals surface area contributed by atoms with Crippen LogP contribution in [0.3, 0.4) is 0 Å². The van der Waals surface area contributed by atoms with Gasteiger partial charge in [-0.3, -0.25) is 9.78 Å². The number of carbonyl (C=O) groups is 1. The fourth-order valence-corrected chi connectivity index (χ4v) is 2.37. The van der Waals surface area contributed by atoms with Gasteiger partial charge in [-0.2, -0.15) is 0 Å². The SMILES string of the molecule is COc1cccc(C(=O)c2cccc3ncccc23)c1N. The molecule has 0 saturated carbocycles. The van der Waals surface area contributed by atoms with Gasteiger partial charge in [-0.15, -0.1) is 0 Å². The molecule has 0 amide bonds. The van der Waals surface area contributed by atoms with Gasteiger partial charge in [-0.25, -0.2) is 0 Å². The Kier molecular flexibility index (Phi) is 3.28. The van der Waals surface area contributed by atoms with Crippen molar-refractivity contribution in [3.05, 3.63) is 65.9 Å². The number of nitrogen functional groups attached to an aromatic ring is 1. The summed E-state index contributed by atoms with van der Waals surface area (Å²) in [5.41, 5.74) is 8.17. The number of nitrogens with zero attached hydrogens (tertiary/aromatic N) is 1. The molecular formula is C17H14N2O2. The molecule has 0 spiro atoms. The average Bonchev–Trinajstić information content (AvgIpc) is 2.54. The molecule has 0 aliphatic carbocycles. The summed E-state index contributed by atoms with van der Waals surface area (Å²) in [7, 11) is 1.53. The van der Waals surface area contributed by atoms with E-state index in [1.807, 2.05) is 24.3 Å². The Morgan fingerprint density at radius 1 is 1.05 bits per heavy atom. The van der Waals surface area contributed by atoms with E-state index < -0.39 is 0 Å². The highest BCUT2D eigenvalue weighted by molar-refractivity contribution is 6.18. The molecule has 104 valence electrons. The summed E-state index contributed by atoms with van der Waals surface area (Å²) in [6, 6.07) is 14.4. The van der Waals surface area contributed by atoms with Crippen molar-refractivity contribution in [3.8, 4) is 5.75 Å². The first kappa shape index (κ1) is 13.1. The summed E-state index contributed by atoms with van der Waals surface area (Å²) in [4.78, 5) is 17.1. The zero-order valence-corrected chi connectivity index (χ0v) is 11.5. The number of benzene rings is 2. The number of methoxy groups -OCH3 is 1. The zero-order chi connectivity index (χ0) is 14.8. The molecule has 0 saturated heterocycles. The van der Waals surface area contributed by atoms with Crippen LogP contribution in [0.4, 0.5) is 5.69 Å². The Bertz CT molecular complexity index is 823. The van der Waals surface area contributed by atoms with Crippen molar-refractivity contribution in [3.63, 3.8) is 0 Å². The monoisotopic (exact) mass is 278 g/mol. The smallest absolute Gasteiger partial charge is 0.195 e. The van der Waals surface area contributed by atoms with E-state index in [2.05, 4.69) is 4.98 Å². The maximum absolute atomic E-state index is 12.8. The van der Waals surface area contributed by atoms with E-state index in [0.29, 0.717) is 22.6 Å². The first-order valence-corrected chi connectivity index (χ1v) is 6.53. The summed E-state index contributed by atoms with van der Waals surface area (Å²) in [5, 5.41) is 0.812. The van der Waals surface area contributed by atoms with Gasteiger partial charge in [0.25, 0.3) is 0 Å². The second-order valence-corrected chi connectivity index (χ2v) is 4.63. The van der Waals surface area contributed by atoms with Crippen molar-refractivity contribution in [1.29, 1.82) is 0 Å². The minimum atomic E-state index is -0.134. The lowest BCUT2D eigenvalue weighted by Crippen LogP contribution is -2.07. The van der Waals surface area contributed by atoms with Crippen LogP contribution in [0.1, 0.15) is 15.9 Å². The summed E-state index contributed by atoms with van der Waals surface area (Å²) >= 11 is 0. The Hall–Kier alpha value is -2.88. The molecule has 0 bridgehead atoms. The van der Waals surface area contributed by atoms with Gasteiger partial charge >= 0.3 is 0 Å². The molecule has 3 aromatic rings. The van der Waals surface area contributed by atoms with Crippen LogP contribution in [-0.2, 0) is 0 Å². The molecular weight excluding hydrogens is 264 g/mol. The van der Waals surface area contributed by atoms with E-state index in [1.165, 1.54) is 7.11 Å². The third-order valence-corrected chi connectivity index (χ3v) is 3.42.